The number of aryl methyl sites for hydroxylation is 2. The summed E-state index contributed by atoms with van der Waals surface area (Å²) in [7, 11) is 0. The van der Waals surface area contributed by atoms with Crippen molar-refractivity contribution in [2.24, 2.45) is 0 Å². The van der Waals surface area contributed by atoms with Gasteiger partial charge in [-0.3, -0.25) is 14.6 Å². The summed E-state index contributed by atoms with van der Waals surface area (Å²) in [6.45, 7) is 5.31. The number of hydrogen-bond donors (Lipinski definition) is 2. The number of H-pyrrole nitrogens is 1. The van der Waals surface area contributed by atoms with Gasteiger partial charge in [0.25, 0.3) is 5.56 Å². The van der Waals surface area contributed by atoms with Crippen LogP contribution in [0.3, 0.4) is 0 Å². The van der Waals surface area contributed by atoms with Crippen LogP contribution in [0.2, 0.25) is 0 Å². The predicted molar refractivity (Wildman–Crippen MR) is 108 cm³/mol. The zero-order chi connectivity index (χ0) is 20.3. The molecule has 3 rings (SSSR count). The van der Waals surface area contributed by atoms with E-state index < -0.39 is 11.2 Å². The number of carbonyl (C=O) groups is 2. The van der Waals surface area contributed by atoms with Crippen molar-refractivity contribution in [3.05, 3.63) is 32.1 Å². The number of fused-ring (bicyclic) bond motifs is 1. The maximum atomic E-state index is 12.7. The van der Waals surface area contributed by atoms with Gasteiger partial charge >= 0.3 is 5.97 Å². The Morgan fingerprint density at radius 1 is 1.32 bits per heavy atom. The molecule has 0 radical (unpaired) electrons. The van der Waals surface area contributed by atoms with Crippen LogP contribution in [0.25, 0.3) is 0 Å². The molecular formula is C18H22N4O4S2. The van der Waals surface area contributed by atoms with Crippen LogP contribution in [0.1, 0.15) is 53.2 Å². The van der Waals surface area contributed by atoms with Crippen molar-refractivity contribution in [3.63, 3.8) is 0 Å². The van der Waals surface area contributed by atoms with E-state index in [4.69, 9.17) is 4.74 Å². The standard InChI is InChI=1S/C18H22N4O4S2/c1-4-26-17(25)13-11-7-5-6-8-12(11)28-16(13)19-15(24)10(3)27-18-20-14(23)9(2)21-22-18/h10H,4-8H2,1-3H3,(H,19,24)(H,20,22,23)/t10-/m1/s1. The van der Waals surface area contributed by atoms with E-state index in [-0.39, 0.29) is 28.9 Å². The summed E-state index contributed by atoms with van der Waals surface area (Å²) in [5.41, 5.74) is 1.42. The molecule has 10 heteroatoms. The zero-order valence-corrected chi connectivity index (χ0v) is 17.6. The third-order valence-electron chi connectivity index (χ3n) is 4.39. The number of esters is 1. The average molecular weight is 423 g/mol. The number of rotatable bonds is 6. The Balaban J connectivity index is 1.79. The Bertz CT molecular complexity index is 954. The van der Waals surface area contributed by atoms with E-state index in [2.05, 4.69) is 20.5 Å². The largest absolute Gasteiger partial charge is 0.462 e. The quantitative estimate of drug-likeness (QED) is 0.543. The van der Waals surface area contributed by atoms with Crippen LogP contribution in [0.15, 0.2) is 9.95 Å². The van der Waals surface area contributed by atoms with Crippen molar-refractivity contribution < 1.29 is 14.3 Å². The van der Waals surface area contributed by atoms with Crippen LogP contribution in [0, 0.1) is 6.92 Å². The number of nitrogens with one attached hydrogen (secondary N) is 2. The Morgan fingerprint density at radius 2 is 2.07 bits per heavy atom. The van der Waals surface area contributed by atoms with Crippen molar-refractivity contribution >= 4 is 40.0 Å². The van der Waals surface area contributed by atoms with Crippen LogP contribution >= 0.6 is 23.1 Å². The number of anilines is 1. The second-order valence-electron chi connectivity index (χ2n) is 6.43. The smallest absolute Gasteiger partial charge is 0.341 e. The van der Waals surface area contributed by atoms with Gasteiger partial charge in [0.1, 0.15) is 10.7 Å². The summed E-state index contributed by atoms with van der Waals surface area (Å²) in [6.07, 6.45) is 3.83. The first-order valence-electron chi connectivity index (χ1n) is 9.13. The number of ether oxygens (including phenoxy) is 1. The number of nitrogens with zero attached hydrogens (tertiary/aromatic N) is 2. The molecule has 1 aliphatic rings. The minimum absolute atomic E-state index is 0.268. The first-order chi connectivity index (χ1) is 13.4. The van der Waals surface area contributed by atoms with Gasteiger partial charge < -0.3 is 10.1 Å². The number of carbonyl (C=O) groups excluding carboxylic acids is 2. The van der Waals surface area contributed by atoms with E-state index in [1.807, 2.05) is 0 Å². The molecule has 0 saturated carbocycles. The molecule has 2 aromatic rings. The molecule has 8 nitrogen and oxygen atoms in total. The number of aromatic nitrogens is 3. The molecule has 0 unspecified atom stereocenters. The van der Waals surface area contributed by atoms with Crippen molar-refractivity contribution in [3.8, 4) is 0 Å². The fraction of sp³-hybridized carbons (Fsp3) is 0.500. The van der Waals surface area contributed by atoms with Gasteiger partial charge in [0.15, 0.2) is 5.16 Å². The van der Waals surface area contributed by atoms with Crippen LogP contribution < -0.4 is 10.9 Å². The number of thioether (sulfide) groups is 1. The SMILES string of the molecule is CCOC(=O)c1c(NC(=O)[C@@H](C)Sc2nnc(C)c(=O)[nH]2)sc2c1CCCC2. The fourth-order valence-electron chi connectivity index (χ4n) is 2.94. The maximum absolute atomic E-state index is 12.7. The number of amides is 1. The number of aromatic amines is 1. The summed E-state index contributed by atoms with van der Waals surface area (Å²) in [6, 6.07) is 0. The second-order valence-corrected chi connectivity index (χ2v) is 8.86. The van der Waals surface area contributed by atoms with Gasteiger partial charge in [0.05, 0.1) is 17.4 Å². The summed E-state index contributed by atoms with van der Waals surface area (Å²) in [5.74, 6) is -0.677. The highest BCUT2D eigenvalue weighted by molar-refractivity contribution is 8.00. The molecule has 1 amide bonds. The Hall–Kier alpha value is -2.20. The van der Waals surface area contributed by atoms with Crippen LogP contribution in [-0.2, 0) is 22.4 Å². The lowest BCUT2D eigenvalue weighted by Gasteiger charge is -2.13. The summed E-state index contributed by atoms with van der Waals surface area (Å²) in [4.78, 5) is 40.6. The van der Waals surface area contributed by atoms with E-state index in [0.717, 1.165) is 47.9 Å². The molecule has 28 heavy (non-hydrogen) atoms. The van der Waals surface area contributed by atoms with Gasteiger partial charge in [0.2, 0.25) is 5.91 Å². The topological polar surface area (TPSA) is 114 Å². The highest BCUT2D eigenvalue weighted by atomic mass is 32.2. The summed E-state index contributed by atoms with van der Waals surface area (Å²) in [5, 5.41) is 10.8. The van der Waals surface area contributed by atoms with Gasteiger partial charge in [-0.2, -0.15) is 0 Å². The summed E-state index contributed by atoms with van der Waals surface area (Å²) < 4.78 is 5.21. The van der Waals surface area contributed by atoms with Crippen molar-refractivity contribution in [1.29, 1.82) is 0 Å². The zero-order valence-electron chi connectivity index (χ0n) is 16.0. The van der Waals surface area contributed by atoms with Gasteiger partial charge in [-0.15, -0.1) is 21.5 Å². The van der Waals surface area contributed by atoms with Crippen LogP contribution in [0.5, 0.6) is 0 Å². The third-order valence-corrected chi connectivity index (χ3v) is 6.57. The van der Waals surface area contributed by atoms with Gasteiger partial charge in [-0.05, 0) is 52.0 Å². The first kappa shape index (κ1) is 20.5. The monoisotopic (exact) mass is 422 g/mol. The Kier molecular flexibility index (Phi) is 6.50. The molecule has 0 aromatic carbocycles. The molecular weight excluding hydrogens is 400 g/mol. The molecule has 0 fully saturated rings. The molecule has 150 valence electrons. The number of hydrogen-bond acceptors (Lipinski definition) is 8. The van der Waals surface area contributed by atoms with Gasteiger partial charge in [-0.1, -0.05) is 11.8 Å². The van der Waals surface area contributed by atoms with E-state index in [0.29, 0.717) is 10.6 Å². The van der Waals surface area contributed by atoms with Crippen molar-refractivity contribution in [1.82, 2.24) is 15.2 Å². The van der Waals surface area contributed by atoms with E-state index in [1.54, 1.807) is 20.8 Å². The molecule has 0 spiro atoms. The van der Waals surface area contributed by atoms with Gasteiger partial charge in [0, 0.05) is 4.88 Å². The van der Waals surface area contributed by atoms with Gasteiger partial charge in [-0.25, -0.2) is 4.79 Å². The molecule has 1 atom stereocenters. The Morgan fingerprint density at radius 3 is 2.79 bits per heavy atom. The van der Waals surface area contributed by atoms with Crippen molar-refractivity contribution in [2.75, 3.05) is 11.9 Å². The molecule has 2 N–H and O–H groups in total. The van der Waals surface area contributed by atoms with E-state index in [9.17, 15) is 14.4 Å². The molecule has 0 saturated heterocycles. The van der Waals surface area contributed by atoms with Crippen LogP contribution in [-0.4, -0.2) is 38.9 Å². The highest BCUT2D eigenvalue weighted by Crippen LogP contribution is 2.39. The predicted octanol–water partition coefficient (Wildman–Crippen LogP) is 2.71. The molecule has 0 bridgehead atoms. The normalized spacial score (nSPS) is 14.2. The third kappa shape index (κ3) is 4.44. The maximum Gasteiger partial charge on any atom is 0.341 e. The lowest BCUT2D eigenvalue weighted by atomic mass is 9.95. The minimum Gasteiger partial charge on any atom is -0.462 e. The fourth-order valence-corrected chi connectivity index (χ4v) is 4.96. The number of thiophene rings is 1. The summed E-state index contributed by atoms with van der Waals surface area (Å²) >= 11 is 2.55. The van der Waals surface area contributed by atoms with Crippen LogP contribution in [0.4, 0.5) is 5.00 Å². The average Bonchev–Trinajstić information content (AvgIpc) is 3.02. The lowest BCUT2D eigenvalue weighted by molar-refractivity contribution is -0.115. The second kappa shape index (κ2) is 8.87. The molecule has 2 aromatic heterocycles. The van der Waals surface area contributed by atoms with Crippen molar-refractivity contribution in [2.45, 2.75) is 56.9 Å². The lowest BCUT2D eigenvalue weighted by Crippen LogP contribution is -2.24. The Labute approximate surface area is 170 Å². The molecule has 0 aliphatic heterocycles. The van der Waals surface area contributed by atoms with E-state index >= 15 is 0 Å². The molecule has 1 aliphatic carbocycles. The highest BCUT2D eigenvalue weighted by Gasteiger charge is 2.28. The first-order valence-corrected chi connectivity index (χ1v) is 10.8. The van der Waals surface area contributed by atoms with E-state index in [1.165, 1.54) is 11.3 Å². The minimum atomic E-state index is -0.540. The molecule has 2 heterocycles.